The van der Waals surface area contributed by atoms with Gasteiger partial charge in [0.1, 0.15) is 6.61 Å². The van der Waals surface area contributed by atoms with Crippen LogP contribution in [0.2, 0.25) is 0 Å². The van der Waals surface area contributed by atoms with Gasteiger partial charge in [-0.2, -0.15) is 0 Å². The zero-order chi connectivity index (χ0) is 19.8. The molecule has 1 aromatic heterocycles. The first-order valence-corrected chi connectivity index (χ1v) is 9.50. The van der Waals surface area contributed by atoms with Crippen molar-refractivity contribution in [1.29, 1.82) is 0 Å². The zero-order valence-corrected chi connectivity index (χ0v) is 15.7. The summed E-state index contributed by atoms with van der Waals surface area (Å²) in [5.74, 6) is 0.512. The number of nitrogens with zero attached hydrogens (tertiary/aromatic N) is 2. The summed E-state index contributed by atoms with van der Waals surface area (Å²) < 4.78 is 30.1. The summed E-state index contributed by atoms with van der Waals surface area (Å²) in [5.41, 5.74) is 2.73. The molecule has 1 aliphatic heterocycles. The molecule has 7 heteroatoms. The van der Waals surface area contributed by atoms with Gasteiger partial charge in [-0.05, 0) is 73.7 Å². The molecule has 3 rings (SSSR count). The third kappa shape index (κ3) is 6.56. The summed E-state index contributed by atoms with van der Waals surface area (Å²) in [5, 5.41) is 2.71. The fourth-order valence-corrected chi connectivity index (χ4v) is 3.41. The molecule has 0 aliphatic carbocycles. The van der Waals surface area contributed by atoms with Crippen LogP contribution in [0.1, 0.15) is 24.0 Å². The summed E-state index contributed by atoms with van der Waals surface area (Å²) in [6.07, 6.45) is 3.34. The van der Waals surface area contributed by atoms with E-state index in [1.54, 1.807) is 24.5 Å². The van der Waals surface area contributed by atoms with Crippen molar-refractivity contribution in [2.45, 2.75) is 32.3 Å². The number of rotatable bonds is 7. The van der Waals surface area contributed by atoms with Gasteiger partial charge in [0.15, 0.2) is 0 Å². The van der Waals surface area contributed by atoms with E-state index < -0.39 is 12.5 Å². The van der Waals surface area contributed by atoms with E-state index in [9.17, 15) is 13.6 Å². The van der Waals surface area contributed by atoms with Gasteiger partial charge in [0.2, 0.25) is 0 Å². The quantitative estimate of drug-likeness (QED) is 0.765. The summed E-state index contributed by atoms with van der Waals surface area (Å²) in [4.78, 5) is 17.6. The smallest absolute Gasteiger partial charge is 0.411 e. The highest BCUT2D eigenvalue weighted by Crippen LogP contribution is 2.23. The predicted molar refractivity (Wildman–Crippen MR) is 103 cm³/mol. The van der Waals surface area contributed by atoms with Crippen molar-refractivity contribution in [2.75, 3.05) is 25.0 Å². The molecule has 0 spiro atoms. The normalized spacial score (nSPS) is 15.5. The summed E-state index contributed by atoms with van der Waals surface area (Å²) in [6, 6.07) is 11.3. The number of nitrogens with one attached hydrogen (secondary N) is 1. The molecule has 1 N–H and O–H groups in total. The number of carbonyl (C=O) groups is 1. The third-order valence-corrected chi connectivity index (χ3v) is 4.95. The molecule has 1 saturated heterocycles. The lowest BCUT2D eigenvalue weighted by atomic mass is 9.90. The van der Waals surface area contributed by atoms with Crippen molar-refractivity contribution < 1.29 is 18.3 Å². The monoisotopic (exact) mass is 389 g/mol. The van der Waals surface area contributed by atoms with Gasteiger partial charge in [-0.25, -0.2) is 13.6 Å². The van der Waals surface area contributed by atoms with Crippen LogP contribution < -0.4 is 5.32 Å². The van der Waals surface area contributed by atoms with Gasteiger partial charge >= 0.3 is 6.09 Å². The molecule has 2 aromatic rings. The highest BCUT2D eigenvalue weighted by Gasteiger charge is 2.21. The molecule has 0 radical (unpaired) electrons. The lowest BCUT2D eigenvalue weighted by Gasteiger charge is -2.31. The fourth-order valence-electron chi connectivity index (χ4n) is 3.41. The Bertz CT molecular complexity index is 733. The van der Waals surface area contributed by atoms with Crippen molar-refractivity contribution in [2.24, 2.45) is 5.92 Å². The van der Waals surface area contributed by atoms with Crippen LogP contribution in [0.3, 0.4) is 0 Å². The molecule has 0 unspecified atom stereocenters. The lowest BCUT2D eigenvalue weighted by Crippen LogP contribution is -2.37. The number of aromatic nitrogens is 1. The maximum absolute atomic E-state index is 12.4. The van der Waals surface area contributed by atoms with Crippen molar-refractivity contribution in [3.8, 4) is 0 Å². The minimum atomic E-state index is -2.26. The average molecular weight is 389 g/mol. The maximum Gasteiger partial charge on any atom is 0.411 e. The number of likely N-dealkylation sites (tertiary alicyclic amines) is 1. The van der Waals surface area contributed by atoms with Crippen molar-refractivity contribution >= 4 is 11.8 Å². The number of alkyl halides is 2. The molecule has 150 valence electrons. The Kier molecular flexibility index (Phi) is 7.31. The number of anilines is 1. The van der Waals surface area contributed by atoms with Crippen LogP contribution in [0.5, 0.6) is 0 Å². The van der Waals surface area contributed by atoms with E-state index in [1.807, 2.05) is 29.2 Å². The van der Waals surface area contributed by atoms with Crippen LogP contribution >= 0.6 is 0 Å². The van der Waals surface area contributed by atoms with Gasteiger partial charge in [0.25, 0.3) is 6.43 Å². The number of amides is 1. The molecule has 0 bridgehead atoms. The number of hydrogen-bond acceptors (Lipinski definition) is 4. The van der Waals surface area contributed by atoms with Crippen molar-refractivity contribution in [1.82, 2.24) is 9.88 Å². The van der Waals surface area contributed by atoms with Crippen molar-refractivity contribution in [3.63, 3.8) is 0 Å². The molecule has 5 nitrogen and oxygen atoms in total. The molecule has 0 saturated carbocycles. The van der Waals surface area contributed by atoms with Gasteiger partial charge in [-0.1, -0.05) is 12.1 Å². The van der Waals surface area contributed by atoms with Gasteiger partial charge in [-0.3, -0.25) is 15.2 Å². The summed E-state index contributed by atoms with van der Waals surface area (Å²) in [7, 11) is 0. The molecule has 1 amide bonds. The first kappa shape index (κ1) is 20.2. The zero-order valence-electron chi connectivity index (χ0n) is 15.7. The Labute approximate surface area is 163 Å². The Morgan fingerprint density at radius 2 is 1.79 bits per heavy atom. The Balaban J connectivity index is 1.40. The predicted octanol–water partition coefficient (Wildman–Crippen LogP) is 4.35. The second kappa shape index (κ2) is 10.1. The van der Waals surface area contributed by atoms with Gasteiger partial charge < -0.3 is 4.74 Å². The molecule has 0 atom stereocenters. The van der Waals surface area contributed by atoms with Gasteiger partial charge in [-0.15, -0.1) is 0 Å². The van der Waals surface area contributed by atoms with E-state index in [-0.39, 0.29) is 13.2 Å². The second-order valence-corrected chi connectivity index (χ2v) is 7.09. The van der Waals surface area contributed by atoms with E-state index in [2.05, 4.69) is 10.3 Å². The standard InChI is InChI=1S/C21H25F2N3O2/c22-20(23)14-26-11-7-17(8-12-26)13-16-1-3-19(4-2-16)25-21(27)28-15-18-5-9-24-10-6-18/h1-6,9-10,17,20H,7-8,11-15H2,(H,25,27). The Morgan fingerprint density at radius 3 is 2.43 bits per heavy atom. The molecule has 1 fully saturated rings. The number of pyridine rings is 1. The number of benzene rings is 1. The van der Waals surface area contributed by atoms with Gasteiger partial charge in [0.05, 0.1) is 6.54 Å². The van der Waals surface area contributed by atoms with Crippen LogP contribution in [0.25, 0.3) is 0 Å². The molecular weight excluding hydrogens is 364 g/mol. The molecule has 1 aliphatic rings. The minimum Gasteiger partial charge on any atom is -0.444 e. The lowest BCUT2D eigenvalue weighted by molar-refractivity contribution is 0.0691. The number of ether oxygens (including phenoxy) is 1. The van der Waals surface area contributed by atoms with Crippen LogP contribution in [0, 0.1) is 5.92 Å². The average Bonchev–Trinajstić information content (AvgIpc) is 2.70. The molecule has 2 heterocycles. The van der Waals surface area contributed by atoms with E-state index >= 15 is 0 Å². The highest BCUT2D eigenvalue weighted by atomic mass is 19.3. The van der Waals surface area contributed by atoms with E-state index in [1.165, 1.54) is 5.56 Å². The first-order chi connectivity index (χ1) is 13.6. The van der Waals surface area contributed by atoms with E-state index in [0.717, 1.165) is 37.9 Å². The first-order valence-electron chi connectivity index (χ1n) is 9.50. The molecular formula is C21H25F2N3O2. The second-order valence-electron chi connectivity index (χ2n) is 7.09. The van der Waals surface area contributed by atoms with E-state index in [0.29, 0.717) is 11.6 Å². The summed E-state index contributed by atoms with van der Waals surface area (Å²) in [6.45, 7) is 1.54. The number of piperidine rings is 1. The number of hydrogen-bond donors (Lipinski definition) is 1. The molecule has 1 aromatic carbocycles. The van der Waals surface area contributed by atoms with Crippen LogP contribution in [-0.2, 0) is 17.8 Å². The van der Waals surface area contributed by atoms with Crippen LogP contribution in [-0.4, -0.2) is 42.0 Å². The highest BCUT2D eigenvalue weighted by molar-refractivity contribution is 5.84. The minimum absolute atomic E-state index is 0.121. The van der Waals surface area contributed by atoms with Crippen LogP contribution in [0.4, 0.5) is 19.3 Å². The largest absolute Gasteiger partial charge is 0.444 e. The third-order valence-electron chi connectivity index (χ3n) is 4.95. The number of halogens is 2. The Hall–Kier alpha value is -2.54. The topological polar surface area (TPSA) is 54.5 Å². The van der Waals surface area contributed by atoms with E-state index in [4.69, 9.17) is 4.74 Å². The summed E-state index contributed by atoms with van der Waals surface area (Å²) >= 11 is 0. The number of carbonyl (C=O) groups excluding carboxylic acids is 1. The maximum atomic E-state index is 12.4. The fraction of sp³-hybridized carbons (Fsp3) is 0.429. The van der Waals surface area contributed by atoms with Crippen molar-refractivity contribution in [3.05, 3.63) is 59.9 Å². The SMILES string of the molecule is O=C(Nc1ccc(CC2CCN(CC(F)F)CC2)cc1)OCc1ccncc1. The Morgan fingerprint density at radius 1 is 1.11 bits per heavy atom. The van der Waals surface area contributed by atoms with Gasteiger partial charge in [0, 0.05) is 18.1 Å². The van der Waals surface area contributed by atoms with Crippen LogP contribution in [0.15, 0.2) is 48.8 Å². The molecule has 28 heavy (non-hydrogen) atoms.